The van der Waals surface area contributed by atoms with Crippen molar-refractivity contribution >= 4 is 11.4 Å². The number of pyridine rings is 1. The van der Waals surface area contributed by atoms with E-state index in [9.17, 15) is 0 Å². The van der Waals surface area contributed by atoms with E-state index < -0.39 is 0 Å². The van der Waals surface area contributed by atoms with E-state index >= 15 is 0 Å². The zero-order chi connectivity index (χ0) is 20.5. The van der Waals surface area contributed by atoms with Crippen molar-refractivity contribution in [2.24, 2.45) is 10.3 Å². The fraction of sp³-hybridized carbons (Fsp3) is 0.476. The van der Waals surface area contributed by atoms with Crippen molar-refractivity contribution in [1.82, 2.24) is 15.0 Å². The zero-order valence-electron chi connectivity index (χ0n) is 17.2. The molecule has 1 aliphatic carbocycles. The first kappa shape index (κ1) is 20.7. The molecule has 0 aliphatic heterocycles. The van der Waals surface area contributed by atoms with Crippen molar-refractivity contribution in [3.8, 4) is 5.88 Å². The van der Waals surface area contributed by atoms with Crippen molar-refractivity contribution in [2.45, 2.75) is 46.5 Å². The number of aromatic nitrogens is 3. The predicted molar refractivity (Wildman–Crippen MR) is 110 cm³/mol. The number of nitrogens with zero attached hydrogens (tertiary/aromatic N) is 5. The highest BCUT2D eigenvalue weighted by atomic mass is 16.6. The molecule has 0 atom stereocenters. The van der Waals surface area contributed by atoms with Gasteiger partial charge >= 0.3 is 0 Å². The van der Waals surface area contributed by atoms with E-state index in [-0.39, 0.29) is 0 Å². The minimum atomic E-state index is 0.430. The van der Waals surface area contributed by atoms with E-state index in [4.69, 9.17) is 14.4 Å². The molecule has 0 saturated heterocycles. The van der Waals surface area contributed by atoms with Gasteiger partial charge in [-0.2, -0.15) is 0 Å². The zero-order valence-corrected chi connectivity index (χ0v) is 17.2. The van der Waals surface area contributed by atoms with Gasteiger partial charge in [0.2, 0.25) is 5.88 Å². The Kier molecular flexibility index (Phi) is 7.49. The van der Waals surface area contributed by atoms with E-state index in [1.807, 2.05) is 26.8 Å². The number of hydrogen-bond acceptors (Lipinski definition) is 8. The molecular weight excluding hydrogens is 370 g/mol. The molecule has 0 aromatic carbocycles. The summed E-state index contributed by atoms with van der Waals surface area (Å²) in [5, 5.41) is 8.40. The Morgan fingerprint density at radius 1 is 1.14 bits per heavy atom. The highest BCUT2D eigenvalue weighted by molar-refractivity contribution is 6.00. The van der Waals surface area contributed by atoms with Crippen LogP contribution in [-0.4, -0.2) is 46.2 Å². The van der Waals surface area contributed by atoms with E-state index in [1.165, 1.54) is 11.9 Å². The Balaban J connectivity index is 1.43. The van der Waals surface area contributed by atoms with Crippen molar-refractivity contribution < 1.29 is 14.4 Å². The summed E-state index contributed by atoms with van der Waals surface area (Å²) < 4.78 is 5.36. The molecule has 0 fully saturated rings. The summed E-state index contributed by atoms with van der Waals surface area (Å²) in [5.41, 5.74) is 5.48. The van der Waals surface area contributed by atoms with Gasteiger partial charge in [0.15, 0.2) is 0 Å². The van der Waals surface area contributed by atoms with E-state index in [0.29, 0.717) is 43.5 Å². The predicted octanol–water partition coefficient (Wildman–Crippen LogP) is 3.47. The monoisotopic (exact) mass is 397 g/mol. The number of oxime groups is 2. The van der Waals surface area contributed by atoms with Crippen LogP contribution in [0.2, 0.25) is 0 Å². The van der Waals surface area contributed by atoms with Crippen LogP contribution in [0.15, 0.2) is 34.8 Å². The largest absolute Gasteiger partial charge is 0.478 e. The molecule has 2 aromatic rings. The Morgan fingerprint density at radius 3 is 2.86 bits per heavy atom. The maximum absolute atomic E-state index is 5.49. The molecule has 0 saturated carbocycles. The second kappa shape index (κ2) is 10.5. The molecule has 0 spiro atoms. The molecule has 2 aromatic heterocycles. The first-order valence-corrected chi connectivity index (χ1v) is 9.95. The SMILES string of the molecule is CCOc1cc(/C(C)=N/OCCCO/N=C2\CCCc3ccc(C)nc32)ncn1. The lowest BCUT2D eigenvalue weighted by atomic mass is 9.94. The molecule has 8 heteroatoms. The summed E-state index contributed by atoms with van der Waals surface area (Å²) in [7, 11) is 0. The van der Waals surface area contributed by atoms with Gasteiger partial charge in [-0.15, -0.1) is 0 Å². The molecule has 1 aliphatic rings. The molecule has 8 nitrogen and oxygen atoms in total. The van der Waals surface area contributed by atoms with Crippen molar-refractivity contribution in [1.29, 1.82) is 0 Å². The average molecular weight is 397 g/mol. The Hall–Kier alpha value is -3.03. The molecule has 0 radical (unpaired) electrons. The number of fused-ring (bicyclic) bond motifs is 1. The maximum Gasteiger partial charge on any atom is 0.216 e. The van der Waals surface area contributed by atoms with Crippen LogP contribution in [0.25, 0.3) is 0 Å². The lowest BCUT2D eigenvalue weighted by Gasteiger charge is -2.16. The Morgan fingerprint density at radius 2 is 2.00 bits per heavy atom. The summed E-state index contributed by atoms with van der Waals surface area (Å²) >= 11 is 0. The Bertz CT molecular complexity index is 882. The van der Waals surface area contributed by atoms with Gasteiger partial charge in [-0.05, 0) is 51.7 Å². The summed E-state index contributed by atoms with van der Waals surface area (Å²) in [5.74, 6) is 0.522. The molecule has 0 unspecified atom stereocenters. The van der Waals surface area contributed by atoms with Crippen LogP contribution >= 0.6 is 0 Å². The van der Waals surface area contributed by atoms with E-state index in [2.05, 4.69) is 31.3 Å². The number of rotatable bonds is 9. The lowest BCUT2D eigenvalue weighted by molar-refractivity contribution is 0.0897. The van der Waals surface area contributed by atoms with Crippen LogP contribution in [-0.2, 0) is 16.1 Å². The third-order valence-corrected chi connectivity index (χ3v) is 4.40. The first-order valence-electron chi connectivity index (χ1n) is 9.95. The second-order valence-corrected chi connectivity index (χ2v) is 6.72. The lowest BCUT2D eigenvalue weighted by Crippen LogP contribution is -2.15. The number of ether oxygens (including phenoxy) is 1. The van der Waals surface area contributed by atoms with Gasteiger partial charge in [0.1, 0.15) is 31.0 Å². The van der Waals surface area contributed by atoms with Gasteiger partial charge in [0.05, 0.1) is 18.0 Å². The van der Waals surface area contributed by atoms with E-state index in [1.54, 1.807) is 6.07 Å². The molecule has 154 valence electrons. The summed E-state index contributed by atoms with van der Waals surface area (Å²) in [6, 6.07) is 5.92. The maximum atomic E-state index is 5.49. The third-order valence-electron chi connectivity index (χ3n) is 4.40. The first-order chi connectivity index (χ1) is 14.2. The summed E-state index contributed by atoms with van der Waals surface area (Å²) in [6.07, 6.45) is 5.14. The molecule has 0 amide bonds. The van der Waals surface area contributed by atoms with Crippen molar-refractivity contribution in [2.75, 3.05) is 19.8 Å². The topological polar surface area (TPSA) is 91.1 Å². The summed E-state index contributed by atoms with van der Waals surface area (Å²) in [4.78, 5) is 23.7. The number of hydrogen-bond donors (Lipinski definition) is 0. The highest BCUT2D eigenvalue weighted by Crippen LogP contribution is 2.20. The van der Waals surface area contributed by atoms with Crippen molar-refractivity contribution in [3.63, 3.8) is 0 Å². The normalized spacial score (nSPS) is 15.1. The molecule has 2 heterocycles. The average Bonchev–Trinajstić information content (AvgIpc) is 2.73. The van der Waals surface area contributed by atoms with Crippen molar-refractivity contribution in [3.05, 3.63) is 47.2 Å². The van der Waals surface area contributed by atoms with E-state index in [0.717, 1.165) is 36.4 Å². The van der Waals surface area contributed by atoms with Crippen LogP contribution in [0.4, 0.5) is 0 Å². The van der Waals surface area contributed by atoms with Gasteiger partial charge in [-0.25, -0.2) is 9.97 Å². The fourth-order valence-electron chi connectivity index (χ4n) is 2.96. The second-order valence-electron chi connectivity index (χ2n) is 6.72. The molecular formula is C21H27N5O3. The standard InChI is InChI=1S/C21H27N5O3/c1-4-27-20-13-19(22-14-23-20)16(3)25-28-11-6-12-29-26-18-8-5-7-17-10-9-15(2)24-21(17)18/h9-10,13-14H,4-8,11-12H2,1-3H3/b25-16+,26-18+. The third kappa shape index (κ3) is 5.97. The minimum absolute atomic E-state index is 0.430. The summed E-state index contributed by atoms with van der Waals surface area (Å²) in [6.45, 7) is 7.17. The van der Waals surface area contributed by atoms with Gasteiger partial charge in [0.25, 0.3) is 0 Å². The van der Waals surface area contributed by atoms with Gasteiger partial charge in [-0.3, -0.25) is 4.98 Å². The molecule has 29 heavy (non-hydrogen) atoms. The molecule has 0 N–H and O–H groups in total. The molecule has 3 rings (SSSR count). The Labute approximate surface area is 171 Å². The quantitative estimate of drug-likeness (QED) is 0.366. The van der Waals surface area contributed by atoms with Crippen LogP contribution < -0.4 is 4.74 Å². The highest BCUT2D eigenvalue weighted by Gasteiger charge is 2.17. The number of aryl methyl sites for hydroxylation is 2. The minimum Gasteiger partial charge on any atom is -0.478 e. The van der Waals surface area contributed by atoms with Gasteiger partial charge in [0, 0.05) is 18.2 Å². The van der Waals surface area contributed by atoms with Gasteiger partial charge < -0.3 is 14.4 Å². The smallest absolute Gasteiger partial charge is 0.216 e. The van der Waals surface area contributed by atoms with Gasteiger partial charge in [-0.1, -0.05) is 16.4 Å². The van der Waals surface area contributed by atoms with Crippen LogP contribution in [0.5, 0.6) is 5.88 Å². The van der Waals surface area contributed by atoms with Crippen LogP contribution in [0.1, 0.15) is 55.8 Å². The van der Waals surface area contributed by atoms with Crippen LogP contribution in [0.3, 0.4) is 0 Å². The fourth-order valence-corrected chi connectivity index (χ4v) is 2.96. The molecule has 0 bridgehead atoms. The van der Waals surface area contributed by atoms with Crippen LogP contribution in [0, 0.1) is 6.92 Å².